The van der Waals surface area contributed by atoms with Crippen molar-refractivity contribution in [3.05, 3.63) is 23.5 Å². The fourth-order valence-corrected chi connectivity index (χ4v) is 1.57. The molecular weight excluding hydrogens is 215 g/mol. The van der Waals surface area contributed by atoms with Gasteiger partial charge in [-0.2, -0.15) is 0 Å². The van der Waals surface area contributed by atoms with E-state index in [2.05, 4.69) is 0 Å². The number of rotatable bonds is 4. The lowest BCUT2D eigenvalue weighted by molar-refractivity contribution is -0.139. The molecule has 0 heterocycles. The lowest BCUT2D eigenvalue weighted by atomic mass is 9.95. The highest BCUT2D eigenvalue weighted by Gasteiger charge is 2.27. The summed E-state index contributed by atoms with van der Waals surface area (Å²) < 4.78 is 18.6. The van der Waals surface area contributed by atoms with E-state index in [4.69, 9.17) is 9.84 Å². The van der Waals surface area contributed by atoms with Crippen LogP contribution in [0.1, 0.15) is 24.8 Å². The minimum absolute atomic E-state index is 0.113. The van der Waals surface area contributed by atoms with Gasteiger partial charge in [0.05, 0.1) is 13.0 Å². The van der Waals surface area contributed by atoms with Crippen molar-refractivity contribution in [3.8, 4) is 11.5 Å². The standard InChI is InChI=1S/C11H13FO4/c1-3-6(11(14)15)9-8(16-2)5-4-7(13)10(9)12/h4-6,13H,3H2,1-2H3,(H,14,15). The molecule has 1 rings (SSSR count). The number of aromatic hydroxyl groups is 1. The van der Waals surface area contributed by atoms with Crippen LogP contribution in [0.4, 0.5) is 4.39 Å². The van der Waals surface area contributed by atoms with Crippen molar-refractivity contribution >= 4 is 5.97 Å². The number of carboxylic acid groups (broad SMARTS) is 1. The Hall–Kier alpha value is -1.78. The molecule has 0 saturated heterocycles. The minimum Gasteiger partial charge on any atom is -0.505 e. The quantitative estimate of drug-likeness (QED) is 0.828. The van der Waals surface area contributed by atoms with E-state index in [0.29, 0.717) is 0 Å². The summed E-state index contributed by atoms with van der Waals surface area (Å²) in [6.07, 6.45) is 0.214. The highest BCUT2D eigenvalue weighted by molar-refractivity contribution is 5.77. The van der Waals surface area contributed by atoms with E-state index in [-0.39, 0.29) is 17.7 Å². The maximum absolute atomic E-state index is 13.7. The van der Waals surface area contributed by atoms with Crippen molar-refractivity contribution in [3.63, 3.8) is 0 Å². The van der Waals surface area contributed by atoms with Gasteiger partial charge in [0, 0.05) is 5.56 Å². The molecule has 4 nitrogen and oxygen atoms in total. The van der Waals surface area contributed by atoms with Crippen LogP contribution in [0.2, 0.25) is 0 Å². The van der Waals surface area contributed by atoms with E-state index >= 15 is 0 Å². The normalized spacial score (nSPS) is 12.2. The number of carbonyl (C=O) groups is 1. The number of carboxylic acids is 1. The number of ether oxygens (including phenoxy) is 1. The Morgan fingerprint density at radius 1 is 1.56 bits per heavy atom. The second-order valence-corrected chi connectivity index (χ2v) is 3.31. The van der Waals surface area contributed by atoms with Crippen LogP contribution in [-0.4, -0.2) is 23.3 Å². The minimum atomic E-state index is -1.15. The molecule has 0 amide bonds. The first kappa shape index (κ1) is 12.3. The number of methoxy groups -OCH3 is 1. The van der Waals surface area contributed by atoms with Gasteiger partial charge in [-0.05, 0) is 18.6 Å². The molecule has 1 aromatic rings. The third-order valence-electron chi connectivity index (χ3n) is 2.39. The molecule has 0 saturated carbocycles. The third-order valence-corrected chi connectivity index (χ3v) is 2.39. The topological polar surface area (TPSA) is 66.8 Å². The molecule has 1 atom stereocenters. The highest BCUT2D eigenvalue weighted by atomic mass is 19.1. The van der Waals surface area contributed by atoms with Crippen LogP contribution in [0.3, 0.4) is 0 Å². The van der Waals surface area contributed by atoms with E-state index in [1.54, 1.807) is 6.92 Å². The Balaban J connectivity index is 3.38. The zero-order chi connectivity index (χ0) is 12.3. The Kier molecular flexibility index (Phi) is 3.71. The van der Waals surface area contributed by atoms with Crippen LogP contribution < -0.4 is 4.74 Å². The molecule has 0 fully saturated rings. The molecule has 0 aliphatic heterocycles. The maximum atomic E-state index is 13.7. The summed E-state index contributed by atoms with van der Waals surface area (Å²) in [6.45, 7) is 1.63. The summed E-state index contributed by atoms with van der Waals surface area (Å²) in [5.41, 5.74) is -0.113. The van der Waals surface area contributed by atoms with Crippen LogP contribution in [0.5, 0.6) is 11.5 Å². The van der Waals surface area contributed by atoms with Crippen molar-refractivity contribution in [2.24, 2.45) is 0 Å². The van der Waals surface area contributed by atoms with Crippen LogP contribution in [0.15, 0.2) is 12.1 Å². The smallest absolute Gasteiger partial charge is 0.311 e. The van der Waals surface area contributed by atoms with Gasteiger partial charge in [0.15, 0.2) is 11.6 Å². The average molecular weight is 228 g/mol. The second-order valence-electron chi connectivity index (χ2n) is 3.31. The number of halogens is 1. The molecule has 0 bridgehead atoms. The van der Waals surface area contributed by atoms with Gasteiger partial charge in [0.1, 0.15) is 5.75 Å². The van der Waals surface area contributed by atoms with Gasteiger partial charge in [-0.15, -0.1) is 0 Å². The molecule has 0 aliphatic carbocycles. The number of phenolic OH excluding ortho intramolecular Hbond substituents is 1. The Labute approximate surface area is 92.3 Å². The van der Waals surface area contributed by atoms with Gasteiger partial charge in [-0.3, -0.25) is 4.79 Å². The molecule has 0 spiro atoms. The molecule has 2 N–H and O–H groups in total. The molecule has 0 aliphatic rings. The predicted octanol–water partition coefficient (Wildman–Crippen LogP) is 2.12. The van der Waals surface area contributed by atoms with Gasteiger partial charge >= 0.3 is 5.97 Å². The summed E-state index contributed by atoms with van der Waals surface area (Å²) in [7, 11) is 1.32. The average Bonchev–Trinajstić information content (AvgIpc) is 2.25. The first-order valence-corrected chi connectivity index (χ1v) is 4.81. The third kappa shape index (κ3) is 2.08. The van der Waals surface area contributed by atoms with Crippen LogP contribution in [-0.2, 0) is 4.79 Å². The summed E-state index contributed by atoms with van der Waals surface area (Å²) in [4.78, 5) is 11.0. The molecule has 16 heavy (non-hydrogen) atoms. The van der Waals surface area contributed by atoms with Gasteiger partial charge in [-0.1, -0.05) is 6.92 Å². The second kappa shape index (κ2) is 4.83. The van der Waals surface area contributed by atoms with E-state index in [9.17, 15) is 14.3 Å². The molecule has 5 heteroatoms. The fourth-order valence-electron chi connectivity index (χ4n) is 1.57. The Bertz CT molecular complexity index is 403. The summed E-state index contributed by atoms with van der Waals surface area (Å²) in [5.74, 6) is -3.55. The zero-order valence-electron chi connectivity index (χ0n) is 9.03. The Morgan fingerprint density at radius 2 is 2.19 bits per heavy atom. The highest BCUT2D eigenvalue weighted by Crippen LogP contribution is 2.35. The SMILES string of the molecule is CCC(C(=O)O)c1c(OC)ccc(O)c1F. The van der Waals surface area contributed by atoms with Crippen molar-refractivity contribution in [1.29, 1.82) is 0 Å². The van der Waals surface area contributed by atoms with Gasteiger partial charge < -0.3 is 14.9 Å². The first-order valence-electron chi connectivity index (χ1n) is 4.81. The van der Waals surface area contributed by atoms with E-state index in [0.717, 1.165) is 6.07 Å². The van der Waals surface area contributed by atoms with Crippen molar-refractivity contribution < 1.29 is 24.1 Å². The van der Waals surface area contributed by atoms with E-state index in [1.165, 1.54) is 13.2 Å². The molecule has 88 valence electrons. The number of hydrogen-bond acceptors (Lipinski definition) is 3. The van der Waals surface area contributed by atoms with Gasteiger partial charge in [0.2, 0.25) is 0 Å². The molecule has 1 unspecified atom stereocenters. The number of hydrogen-bond donors (Lipinski definition) is 2. The van der Waals surface area contributed by atoms with Crippen molar-refractivity contribution in [2.75, 3.05) is 7.11 Å². The van der Waals surface area contributed by atoms with Crippen LogP contribution >= 0.6 is 0 Å². The summed E-state index contributed by atoms with van der Waals surface area (Å²) in [6, 6.07) is 2.48. The van der Waals surface area contributed by atoms with Gasteiger partial charge in [-0.25, -0.2) is 4.39 Å². The molecular formula is C11H13FO4. The fraction of sp³-hybridized carbons (Fsp3) is 0.364. The van der Waals surface area contributed by atoms with Crippen LogP contribution in [0, 0.1) is 5.82 Å². The van der Waals surface area contributed by atoms with E-state index in [1.807, 2.05) is 0 Å². The largest absolute Gasteiger partial charge is 0.505 e. The van der Waals surface area contributed by atoms with Crippen molar-refractivity contribution in [2.45, 2.75) is 19.3 Å². The number of aliphatic carboxylic acids is 1. The maximum Gasteiger partial charge on any atom is 0.311 e. The lowest BCUT2D eigenvalue weighted by Gasteiger charge is -2.15. The van der Waals surface area contributed by atoms with Crippen molar-refractivity contribution in [1.82, 2.24) is 0 Å². The van der Waals surface area contributed by atoms with E-state index < -0.39 is 23.5 Å². The number of benzene rings is 1. The first-order chi connectivity index (χ1) is 7.52. The lowest BCUT2D eigenvalue weighted by Crippen LogP contribution is -2.13. The van der Waals surface area contributed by atoms with Crippen LogP contribution in [0.25, 0.3) is 0 Å². The predicted molar refractivity (Wildman–Crippen MR) is 55.3 cm³/mol. The molecule has 0 aromatic heterocycles. The Morgan fingerprint density at radius 3 is 2.62 bits per heavy atom. The summed E-state index contributed by atoms with van der Waals surface area (Å²) >= 11 is 0. The number of phenols is 1. The molecule has 1 aromatic carbocycles. The van der Waals surface area contributed by atoms with Gasteiger partial charge in [0.25, 0.3) is 0 Å². The monoisotopic (exact) mass is 228 g/mol. The molecule has 0 radical (unpaired) electrons. The summed E-state index contributed by atoms with van der Waals surface area (Å²) in [5, 5.41) is 18.2. The zero-order valence-corrected chi connectivity index (χ0v) is 9.03.